The van der Waals surface area contributed by atoms with Crippen molar-refractivity contribution in [3.8, 4) is 6.07 Å². The fourth-order valence-electron chi connectivity index (χ4n) is 3.87. The first-order valence-electron chi connectivity index (χ1n) is 9.34. The van der Waals surface area contributed by atoms with Gasteiger partial charge < -0.3 is 5.01 Å². The van der Waals surface area contributed by atoms with Crippen LogP contribution in [0.2, 0.25) is 0 Å². The molecule has 0 N–H and O–H groups in total. The van der Waals surface area contributed by atoms with Gasteiger partial charge in [-0.1, -0.05) is 38.2 Å². The summed E-state index contributed by atoms with van der Waals surface area (Å²) in [5, 5.41) is 13.8. The number of allylic oxidation sites excluding steroid dienone is 3. The molecule has 0 bridgehead atoms. The van der Waals surface area contributed by atoms with Crippen molar-refractivity contribution in [3.63, 3.8) is 0 Å². The van der Waals surface area contributed by atoms with E-state index in [0.29, 0.717) is 12.0 Å². The van der Waals surface area contributed by atoms with E-state index in [1.54, 1.807) is 6.08 Å². The molecule has 0 amide bonds. The van der Waals surface area contributed by atoms with Crippen molar-refractivity contribution in [3.05, 3.63) is 47.7 Å². The lowest BCUT2D eigenvalue weighted by atomic mass is 9.79. The number of hydrogen-bond donors (Lipinski definition) is 0. The topological polar surface area (TPSA) is 30.3 Å². The molecule has 1 fully saturated rings. The Morgan fingerprint density at radius 3 is 2.69 bits per heavy atom. The molecule has 2 aliphatic rings. The zero-order valence-corrected chi connectivity index (χ0v) is 16.1. The van der Waals surface area contributed by atoms with Crippen LogP contribution in [0.5, 0.6) is 0 Å². The number of hydrazine groups is 1. The maximum atomic E-state index is 14.3. The first-order chi connectivity index (χ1) is 12.3. The minimum atomic E-state index is -0.749. The third-order valence-corrected chi connectivity index (χ3v) is 5.37. The Bertz CT molecular complexity index is 671. The summed E-state index contributed by atoms with van der Waals surface area (Å²) in [6.07, 6.45) is 4.35. The number of halogens is 2. The smallest absolute Gasteiger partial charge is 0.159 e. The van der Waals surface area contributed by atoms with Gasteiger partial charge in [0.25, 0.3) is 0 Å². The lowest BCUT2D eigenvalue weighted by Gasteiger charge is -2.51. The Morgan fingerprint density at radius 2 is 2.12 bits per heavy atom. The van der Waals surface area contributed by atoms with E-state index in [0.717, 1.165) is 30.7 Å². The molecule has 0 aromatic rings. The molecule has 142 valence electrons. The third kappa shape index (κ3) is 3.91. The Kier molecular flexibility index (Phi) is 6.77. The largest absolute Gasteiger partial charge is 0.305 e. The molecule has 3 unspecified atom stereocenters. The zero-order chi connectivity index (χ0) is 19.4. The van der Waals surface area contributed by atoms with Gasteiger partial charge in [0, 0.05) is 36.2 Å². The van der Waals surface area contributed by atoms with Crippen LogP contribution in [-0.4, -0.2) is 29.1 Å². The van der Waals surface area contributed by atoms with E-state index in [4.69, 9.17) is 0 Å². The molecule has 0 spiro atoms. The molecule has 2 rings (SSSR count). The summed E-state index contributed by atoms with van der Waals surface area (Å²) in [6.45, 7) is 15.2. The van der Waals surface area contributed by atoms with Crippen molar-refractivity contribution < 1.29 is 8.78 Å². The van der Waals surface area contributed by atoms with Crippen LogP contribution < -0.4 is 0 Å². The van der Waals surface area contributed by atoms with Crippen LogP contribution in [-0.2, 0) is 0 Å². The standard InChI is InChI=1S/C21H29F2N3/c1-6-7-11-25-15(4)18(12-24)20(14(2)3)16(5)26(25)13-17-9-8-10-19(22)21(17)23/h9,15,18,20H,2,5-8,10-11,13H2,1,3-4H3. The molecule has 3 atom stereocenters. The van der Waals surface area contributed by atoms with Gasteiger partial charge in [-0.05, 0) is 26.7 Å². The Hall–Kier alpha value is -1.93. The van der Waals surface area contributed by atoms with Crippen molar-refractivity contribution in [1.82, 2.24) is 10.0 Å². The van der Waals surface area contributed by atoms with E-state index >= 15 is 0 Å². The Morgan fingerprint density at radius 1 is 1.42 bits per heavy atom. The van der Waals surface area contributed by atoms with E-state index in [1.165, 1.54) is 0 Å². The lowest BCUT2D eigenvalue weighted by Crippen LogP contribution is -2.58. The van der Waals surface area contributed by atoms with Gasteiger partial charge in [0.15, 0.2) is 5.83 Å². The van der Waals surface area contributed by atoms with Gasteiger partial charge in [-0.25, -0.2) is 13.8 Å². The summed E-state index contributed by atoms with van der Waals surface area (Å²) in [7, 11) is 0. The predicted octanol–water partition coefficient (Wildman–Crippen LogP) is 5.42. The first kappa shape index (κ1) is 20.4. The fourth-order valence-corrected chi connectivity index (χ4v) is 3.87. The van der Waals surface area contributed by atoms with Crippen molar-refractivity contribution in [2.45, 2.75) is 52.5 Å². The van der Waals surface area contributed by atoms with Crippen molar-refractivity contribution in [2.24, 2.45) is 11.8 Å². The normalized spacial score (nSPS) is 27.4. The molecular weight excluding hydrogens is 332 g/mol. The molecule has 1 aliphatic carbocycles. The molecule has 26 heavy (non-hydrogen) atoms. The third-order valence-electron chi connectivity index (χ3n) is 5.37. The van der Waals surface area contributed by atoms with Gasteiger partial charge in [0.05, 0.1) is 18.5 Å². The highest BCUT2D eigenvalue weighted by Gasteiger charge is 2.42. The van der Waals surface area contributed by atoms with Gasteiger partial charge in [-0.2, -0.15) is 5.26 Å². The molecule has 0 radical (unpaired) electrons. The average molecular weight is 361 g/mol. The summed E-state index contributed by atoms with van der Waals surface area (Å²) >= 11 is 0. The SMILES string of the molecule is C=C(C)C1C(=C)N(CC2=CCCC(F)=C2F)N(CCCC)C(C)C1C#N. The monoisotopic (exact) mass is 361 g/mol. The number of rotatable bonds is 6. The second-order valence-electron chi connectivity index (χ2n) is 7.27. The maximum absolute atomic E-state index is 14.3. The van der Waals surface area contributed by atoms with Crippen LogP contribution in [0.3, 0.4) is 0 Å². The van der Waals surface area contributed by atoms with Crippen molar-refractivity contribution >= 4 is 0 Å². The molecule has 1 saturated heterocycles. The highest BCUT2D eigenvalue weighted by Crippen LogP contribution is 2.40. The molecule has 1 heterocycles. The number of nitriles is 1. The zero-order valence-electron chi connectivity index (χ0n) is 16.1. The molecular formula is C21H29F2N3. The van der Waals surface area contributed by atoms with E-state index in [2.05, 4.69) is 31.2 Å². The lowest BCUT2D eigenvalue weighted by molar-refractivity contribution is -0.0746. The summed E-state index contributed by atoms with van der Waals surface area (Å²) < 4.78 is 28.0. The minimum Gasteiger partial charge on any atom is -0.305 e. The van der Waals surface area contributed by atoms with Gasteiger partial charge in [0.1, 0.15) is 5.83 Å². The van der Waals surface area contributed by atoms with Crippen LogP contribution in [0.25, 0.3) is 0 Å². The van der Waals surface area contributed by atoms with Crippen LogP contribution in [0.4, 0.5) is 8.78 Å². The molecule has 0 saturated carbocycles. The molecule has 1 aliphatic heterocycles. The van der Waals surface area contributed by atoms with Crippen LogP contribution in [0.15, 0.2) is 47.7 Å². The average Bonchev–Trinajstić information content (AvgIpc) is 2.60. The minimum absolute atomic E-state index is 0.0557. The quantitative estimate of drug-likeness (QED) is 0.591. The van der Waals surface area contributed by atoms with Gasteiger partial charge in [-0.3, -0.25) is 0 Å². The summed E-state index contributed by atoms with van der Waals surface area (Å²) in [5.41, 5.74) is 1.96. The van der Waals surface area contributed by atoms with E-state index < -0.39 is 11.7 Å². The number of unbranched alkanes of at least 4 members (excludes halogenated alkanes) is 1. The maximum Gasteiger partial charge on any atom is 0.159 e. The van der Waals surface area contributed by atoms with E-state index in [1.807, 2.05) is 18.9 Å². The Balaban J connectivity index is 2.38. The summed E-state index contributed by atoms with van der Waals surface area (Å²) in [4.78, 5) is 0. The second-order valence-corrected chi connectivity index (χ2v) is 7.27. The Labute approximate surface area is 155 Å². The summed E-state index contributed by atoms with van der Waals surface area (Å²) in [6, 6.07) is 2.36. The van der Waals surface area contributed by atoms with Gasteiger partial charge >= 0.3 is 0 Å². The van der Waals surface area contributed by atoms with Crippen LogP contribution in [0.1, 0.15) is 46.5 Å². The predicted molar refractivity (Wildman–Crippen MR) is 101 cm³/mol. The van der Waals surface area contributed by atoms with Gasteiger partial charge in [0.2, 0.25) is 0 Å². The van der Waals surface area contributed by atoms with Crippen molar-refractivity contribution in [1.29, 1.82) is 5.26 Å². The second kappa shape index (κ2) is 8.64. The fraction of sp³-hybridized carbons (Fsp3) is 0.571. The number of nitrogens with zero attached hydrogens (tertiary/aromatic N) is 3. The van der Waals surface area contributed by atoms with Gasteiger partial charge in [-0.15, -0.1) is 0 Å². The van der Waals surface area contributed by atoms with E-state index in [9.17, 15) is 14.0 Å². The molecule has 0 aromatic carbocycles. The molecule has 0 aromatic heterocycles. The van der Waals surface area contributed by atoms with Crippen LogP contribution >= 0.6 is 0 Å². The highest BCUT2D eigenvalue weighted by molar-refractivity contribution is 5.34. The summed E-state index contributed by atoms with van der Waals surface area (Å²) in [5.74, 6) is -1.87. The number of hydrogen-bond acceptors (Lipinski definition) is 3. The first-order valence-corrected chi connectivity index (χ1v) is 9.34. The molecule has 5 heteroatoms. The van der Waals surface area contributed by atoms with Crippen LogP contribution in [0, 0.1) is 23.2 Å². The highest BCUT2D eigenvalue weighted by atomic mass is 19.2. The molecule has 3 nitrogen and oxygen atoms in total. The van der Waals surface area contributed by atoms with E-state index in [-0.39, 0.29) is 30.8 Å². The van der Waals surface area contributed by atoms with Crippen molar-refractivity contribution in [2.75, 3.05) is 13.1 Å².